The third-order valence-electron chi connectivity index (χ3n) is 4.39. The van der Waals surface area contributed by atoms with E-state index in [0.717, 1.165) is 37.5 Å². The maximum absolute atomic E-state index is 13.5. The van der Waals surface area contributed by atoms with E-state index < -0.39 is 41.4 Å². The van der Waals surface area contributed by atoms with Crippen LogP contribution in [0, 0.1) is 11.6 Å². The second-order valence-corrected chi connectivity index (χ2v) is 8.56. The summed E-state index contributed by atoms with van der Waals surface area (Å²) in [4.78, 5) is 22.6. The molecule has 7 nitrogen and oxygen atoms in total. The van der Waals surface area contributed by atoms with Gasteiger partial charge in [0.25, 0.3) is 0 Å². The van der Waals surface area contributed by atoms with Gasteiger partial charge in [0, 0.05) is 19.0 Å². The van der Waals surface area contributed by atoms with Crippen LogP contribution in [0.5, 0.6) is 0 Å². The summed E-state index contributed by atoms with van der Waals surface area (Å²) in [7, 11) is 0. The van der Waals surface area contributed by atoms with Crippen LogP contribution in [0.2, 0.25) is 0 Å². The van der Waals surface area contributed by atoms with E-state index in [1.165, 1.54) is 0 Å². The van der Waals surface area contributed by atoms with Crippen molar-refractivity contribution in [2.24, 2.45) is 0 Å². The molecule has 1 aromatic rings. The molecule has 31 heavy (non-hydrogen) atoms. The lowest BCUT2D eigenvalue weighted by Gasteiger charge is -2.27. The van der Waals surface area contributed by atoms with Crippen LogP contribution < -0.4 is 10.6 Å². The van der Waals surface area contributed by atoms with Crippen LogP contribution in [-0.4, -0.2) is 53.1 Å². The molecule has 1 amide bonds. The van der Waals surface area contributed by atoms with Crippen LogP contribution in [0.3, 0.4) is 0 Å². The summed E-state index contributed by atoms with van der Waals surface area (Å²) in [5.74, 6) is -2.27. The Labute approximate surface area is 182 Å². The molecule has 0 aliphatic rings. The fourth-order valence-electron chi connectivity index (χ4n) is 3.00. The molecule has 1 aromatic carbocycles. The van der Waals surface area contributed by atoms with Gasteiger partial charge in [-0.15, -0.1) is 0 Å². The van der Waals surface area contributed by atoms with E-state index in [-0.39, 0.29) is 19.4 Å². The van der Waals surface area contributed by atoms with Crippen molar-refractivity contribution in [2.75, 3.05) is 13.1 Å². The summed E-state index contributed by atoms with van der Waals surface area (Å²) in [6.07, 6.45) is 1.54. The van der Waals surface area contributed by atoms with Gasteiger partial charge in [-0.1, -0.05) is 12.8 Å². The van der Waals surface area contributed by atoms with Gasteiger partial charge in [0.05, 0.1) is 12.1 Å². The first-order valence-corrected chi connectivity index (χ1v) is 10.5. The smallest absolute Gasteiger partial charge is 0.407 e. The number of nitrogens with one attached hydrogen (secondary N) is 2. The van der Waals surface area contributed by atoms with E-state index >= 15 is 0 Å². The van der Waals surface area contributed by atoms with Crippen molar-refractivity contribution in [3.8, 4) is 0 Å². The van der Waals surface area contributed by atoms with Crippen molar-refractivity contribution >= 4 is 12.1 Å². The van der Waals surface area contributed by atoms with E-state index in [9.17, 15) is 23.5 Å². The first-order valence-electron chi connectivity index (χ1n) is 10.5. The minimum absolute atomic E-state index is 0.0198. The quantitative estimate of drug-likeness (QED) is 0.348. The summed E-state index contributed by atoms with van der Waals surface area (Å²) in [6, 6.07) is 2.25. The number of halogens is 2. The third kappa shape index (κ3) is 12.9. The molecule has 0 fully saturated rings. The van der Waals surface area contributed by atoms with Crippen molar-refractivity contribution < 1.29 is 33.3 Å². The minimum Gasteiger partial charge on any atom is -0.481 e. The topological polar surface area (TPSA) is 108 Å². The number of aliphatic hydroxyl groups is 1. The highest BCUT2D eigenvalue weighted by molar-refractivity contribution is 5.68. The van der Waals surface area contributed by atoms with Gasteiger partial charge in [0.15, 0.2) is 0 Å². The lowest BCUT2D eigenvalue weighted by molar-refractivity contribution is -0.137. The van der Waals surface area contributed by atoms with Gasteiger partial charge in [-0.3, -0.25) is 4.79 Å². The average Bonchev–Trinajstić information content (AvgIpc) is 2.60. The number of carboxylic acid groups (broad SMARTS) is 1. The van der Waals surface area contributed by atoms with Crippen molar-refractivity contribution in [1.29, 1.82) is 0 Å². The second-order valence-electron chi connectivity index (χ2n) is 8.56. The molecule has 0 aliphatic carbocycles. The van der Waals surface area contributed by atoms with Gasteiger partial charge in [-0.25, -0.2) is 13.6 Å². The van der Waals surface area contributed by atoms with Crippen LogP contribution in [0.1, 0.15) is 58.4 Å². The number of carbonyl (C=O) groups excluding carboxylic acids is 1. The number of alkyl carbamates (subject to hydrolysis) is 1. The molecule has 0 spiro atoms. The van der Waals surface area contributed by atoms with Crippen LogP contribution in [-0.2, 0) is 16.0 Å². The Morgan fingerprint density at radius 3 is 2.26 bits per heavy atom. The number of carbonyl (C=O) groups is 2. The standard InChI is InChI=1S/C22H34F2N2O5/c1-22(2,3)31-21(30)26-18(12-15-10-16(23)13-17(24)11-15)19(27)14-25-9-7-5-4-6-8-20(28)29/h10-11,13,18-19,25,27H,4-9,12,14H2,1-3H3,(H,26,30)(H,28,29)/t18-,19+/m0/s1. The highest BCUT2D eigenvalue weighted by atomic mass is 19.1. The molecule has 1 rings (SSSR count). The number of benzene rings is 1. The Balaban J connectivity index is 2.59. The zero-order valence-corrected chi connectivity index (χ0v) is 18.4. The molecule has 2 atom stereocenters. The van der Waals surface area contributed by atoms with Gasteiger partial charge in [0.2, 0.25) is 0 Å². The number of aliphatic carboxylic acids is 1. The van der Waals surface area contributed by atoms with E-state index in [1.807, 2.05) is 0 Å². The number of rotatable bonds is 13. The first kappa shape index (κ1) is 26.8. The number of hydrogen-bond donors (Lipinski definition) is 4. The van der Waals surface area contributed by atoms with Crippen LogP contribution in [0.15, 0.2) is 18.2 Å². The molecule has 0 saturated heterocycles. The molecule has 0 radical (unpaired) electrons. The Kier molecular flexibility index (Phi) is 11.4. The maximum Gasteiger partial charge on any atom is 0.407 e. The normalized spacial score (nSPS) is 13.5. The summed E-state index contributed by atoms with van der Waals surface area (Å²) in [5, 5.41) is 24.9. The zero-order valence-electron chi connectivity index (χ0n) is 18.4. The predicted octanol–water partition coefficient (Wildman–Crippen LogP) is 3.39. The largest absolute Gasteiger partial charge is 0.481 e. The van der Waals surface area contributed by atoms with E-state index in [2.05, 4.69) is 10.6 Å². The molecule has 4 N–H and O–H groups in total. The molecule has 9 heteroatoms. The van der Waals surface area contributed by atoms with Crippen molar-refractivity contribution in [3.63, 3.8) is 0 Å². The van der Waals surface area contributed by atoms with Gasteiger partial charge < -0.3 is 25.6 Å². The molecule has 0 bridgehead atoms. The average molecular weight is 445 g/mol. The van der Waals surface area contributed by atoms with Crippen LogP contribution in [0.25, 0.3) is 0 Å². The first-order chi connectivity index (χ1) is 14.5. The fourth-order valence-corrected chi connectivity index (χ4v) is 3.00. The molecule has 0 heterocycles. The van der Waals surface area contributed by atoms with E-state index in [4.69, 9.17) is 9.84 Å². The van der Waals surface area contributed by atoms with Gasteiger partial charge in [-0.05, 0) is 64.3 Å². The van der Waals surface area contributed by atoms with E-state index in [0.29, 0.717) is 18.5 Å². The van der Waals surface area contributed by atoms with Gasteiger partial charge >= 0.3 is 12.1 Å². The second kappa shape index (κ2) is 13.2. The summed E-state index contributed by atoms with van der Waals surface area (Å²) < 4.78 is 32.3. The summed E-state index contributed by atoms with van der Waals surface area (Å²) >= 11 is 0. The number of aliphatic hydroxyl groups excluding tert-OH is 1. The molecule has 176 valence electrons. The van der Waals surface area contributed by atoms with Crippen molar-refractivity contribution in [1.82, 2.24) is 10.6 Å². The molecular weight excluding hydrogens is 410 g/mol. The molecule has 0 aromatic heterocycles. The third-order valence-corrected chi connectivity index (χ3v) is 4.39. The number of carboxylic acids is 1. The highest BCUT2D eigenvalue weighted by Gasteiger charge is 2.25. The fraction of sp³-hybridized carbons (Fsp3) is 0.636. The molecule has 0 unspecified atom stereocenters. The van der Waals surface area contributed by atoms with Crippen LogP contribution >= 0.6 is 0 Å². The van der Waals surface area contributed by atoms with Gasteiger partial charge in [0.1, 0.15) is 17.2 Å². The van der Waals surface area contributed by atoms with Crippen molar-refractivity contribution in [2.45, 2.75) is 77.0 Å². The van der Waals surface area contributed by atoms with Crippen molar-refractivity contribution in [3.05, 3.63) is 35.4 Å². The SMILES string of the molecule is CC(C)(C)OC(=O)N[C@@H](Cc1cc(F)cc(F)c1)[C@H](O)CNCCCCCCC(=O)O. The monoisotopic (exact) mass is 444 g/mol. The maximum atomic E-state index is 13.5. The summed E-state index contributed by atoms with van der Waals surface area (Å²) in [5.41, 5.74) is -0.431. The number of amides is 1. The Bertz CT molecular complexity index is 689. The minimum atomic E-state index is -1.02. The predicted molar refractivity (Wildman–Crippen MR) is 113 cm³/mol. The lowest BCUT2D eigenvalue weighted by atomic mass is 10.0. The molecule has 0 aliphatic heterocycles. The Morgan fingerprint density at radius 1 is 1.06 bits per heavy atom. The summed E-state index contributed by atoms with van der Waals surface area (Å²) in [6.45, 7) is 5.89. The molecule has 0 saturated carbocycles. The number of hydrogen-bond acceptors (Lipinski definition) is 5. The van der Waals surface area contributed by atoms with Gasteiger partial charge in [-0.2, -0.15) is 0 Å². The number of unbranched alkanes of at least 4 members (excludes halogenated alkanes) is 3. The Morgan fingerprint density at radius 2 is 1.68 bits per heavy atom. The van der Waals surface area contributed by atoms with E-state index in [1.54, 1.807) is 20.8 Å². The molecular formula is C22H34F2N2O5. The zero-order chi connectivity index (χ0) is 23.4. The Hall–Kier alpha value is -2.26. The lowest BCUT2D eigenvalue weighted by Crippen LogP contribution is -2.50. The highest BCUT2D eigenvalue weighted by Crippen LogP contribution is 2.13. The number of ether oxygens (including phenoxy) is 1. The van der Waals surface area contributed by atoms with Crippen LogP contribution in [0.4, 0.5) is 13.6 Å².